The second kappa shape index (κ2) is 7.26. The van der Waals surface area contributed by atoms with Gasteiger partial charge in [-0.15, -0.1) is 0 Å². The van der Waals surface area contributed by atoms with Gasteiger partial charge in [-0.05, 0) is 42.8 Å². The highest BCUT2D eigenvalue weighted by molar-refractivity contribution is 9.10. The van der Waals surface area contributed by atoms with Crippen LogP contribution in [-0.4, -0.2) is 29.9 Å². The molecule has 0 unspecified atom stereocenters. The predicted molar refractivity (Wildman–Crippen MR) is 97.2 cm³/mol. The lowest BCUT2D eigenvalue weighted by Crippen LogP contribution is -2.26. The van der Waals surface area contributed by atoms with Crippen LogP contribution in [0, 0.1) is 12.7 Å². The van der Waals surface area contributed by atoms with Crippen LogP contribution < -0.4 is 0 Å². The predicted octanol–water partition coefficient (Wildman–Crippen LogP) is 3.77. The van der Waals surface area contributed by atoms with Gasteiger partial charge in [0.05, 0.1) is 11.4 Å². The van der Waals surface area contributed by atoms with Gasteiger partial charge in [-0.1, -0.05) is 33.2 Å². The van der Waals surface area contributed by atoms with Crippen LogP contribution in [-0.2, 0) is 16.6 Å². The summed E-state index contributed by atoms with van der Waals surface area (Å²) in [6, 6.07) is 11.0. The molecule has 0 fully saturated rings. The fourth-order valence-corrected chi connectivity index (χ4v) is 3.90. The van der Waals surface area contributed by atoms with E-state index in [2.05, 4.69) is 26.1 Å². The van der Waals surface area contributed by atoms with Gasteiger partial charge in [0.1, 0.15) is 5.82 Å². The van der Waals surface area contributed by atoms with Gasteiger partial charge in [0.25, 0.3) is 0 Å². The van der Waals surface area contributed by atoms with Crippen molar-refractivity contribution in [1.29, 1.82) is 0 Å². The molecular weight excluding hydrogens is 425 g/mol. The Morgan fingerprint density at radius 2 is 2.00 bits per heavy atom. The molecule has 0 N–H and O–H groups in total. The van der Waals surface area contributed by atoms with Crippen molar-refractivity contribution in [2.75, 3.05) is 7.05 Å². The van der Waals surface area contributed by atoms with Crippen molar-refractivity contribution < 1.29 is 17.3 Å². The number of halogens is 2. The Hall–Kier alpha value is -2.10. The van der Waals surface area contributed by atoms with Crippen molar-refractivity contribution in [2.24, 2.45) is 0 Å². The van der Waals surface area contributed by atoms with Crippen LogP contribution in [0.3, 0.4) is 0 Å². The average molecular weight is 440 g/mol. The van der Waals surface area contributed by atoms with Crippen LogP contribution in [0.15, 0.2) is 56.4 Å². The summed E-state index contributed by atoms with van der Waals surface area (Å²) in [6.07, 6.45) is 0. The van der Waals surface area contributed by atoms with Crippen LogP contribution in [0.5, 0.6) is 0 Å². The standard InChI is InChI=1S/C17H15BrFN3O3S/c1-11-8-14(6-7-15(11)19)26(23,24)22(2)10-16-20-17(21-25-16)12-4-3-5-13(18)9-12/h3-9H,10H2,1-2H3. The minimum atomic E-state index is -3.81. The zero-order valence-electron chi connectivity index (χ0n) is 14.0. The van der Waals surface area contributed by atoms with Gasteiger partial charge in [0, 0.05) is 17.1 Å². The number of sulfonamides is 1. The Kier molecular flexibility index (Phi) is 5.22. The van der Waals surface area contributed by atoms with E-state index in [1.807, 2.05) is 24.3 Å². The van der Waals surface area contributed by atoms with Gasteiger partial charge >= 0.3 is 0 Å². The maximum Gasteiger partial charge on any atom is 0.243 e. The van der Waals surface area contributed by atoms with E-state index in [0.717, 1.165) is 20.4 Å². The molecule has 3 rings (SSSR count). The minimum Gasteiger partial charge on any atom is -0.338 e. The van der Waals surface area contributed by atoms with E-state index in [0.29, 0.717) is 5.82 Å². The van der Waals surface area contributed by atoms with Crippen molar-refractivity contribution >= 4 is 26.0 Å². The summed E-state index contributed by atoms with van der Waals surface area (Å²) < 4.78 is 45.8. The van der Waals surface area contributed by atoms with E-state index in [1.165, 1.54) is 26.1 Å². The molecule has 0 aliphatic heterocycles. The quantitative estimate of drug-likeness (QED) is 0.604. The third-order valence-electron chi connectivity index (χ3n) is 3.75. The van der Waals surface area contributed by atoms with Gasteiger partial charge in [0.2, 0.25) is 21.7 Å². The average Bonchev–Trinajstić information content (AvgIpc) is 3.05. The number of aromatic nitrogens is 2. The molecule has 0 atom stereocenters. The summed E-state index contributed by atoms with van der Waals surface area (Å²) in [4.78, 5) is 4.24. The summed E-state index contributed by atoms with van der Waals surface area (Å²) in [7, 11) is -2.41. The van der Waals surface area contributed by atoms with Crippen molar-refractivity contribution in [2.45, 2.75) is 18.4 Å². The molecule has 9 heteroatoms. The largest absolute Gasteiger partial charge is 0.338 e. The van der Waals surface area contributed by atoms with E-state index in [1.54, 1.807) is 0 Å². The molecule has 0 saturated carbocycles. The van der Waals surface area contributed by atoms with Crippen molar-refractivity contribution in [3.63, 3.8) is 0 Å². The molecule has 0 aliphatic carbocycles. The molecule has 6 nitrogen and oxygen atoms in total. The van der Waals surface area contributed by atoms with Gasteiger partial charge in [-0.3, -0.25) is 0 Å². The molecule has 0 saturated heterocycles. The number of hydrogen-bond donors (Lipinski definition) is 0. The first-order chi connectivity index (χ1) is 12.3. The van der Waals surface area contributed by atoms with Crippen LogP contribution in [0.1, 0.15) is 11.5 Å². The van der Waals surface area contributed by atoms with E-state index in [9.17, 15) is 12.8 Å². The van der Waals surface area contributed by atoms with Crippen LogP contribution in [0.4, 0.5) is 4.39 Å². The first-order valence-electron chi connectivity index (χ1n) is 7.58. The van der Waals surface area contributed by atoms with Crippen molar-refractivity contribution in [3.8, 4) is 11.4 Å². The van der Waals surface area contributed by atoms with E-state index < -0.39 is 15.8 Å². The van der Waals surface area contributed by atoms with Crippen LogP contribution >= 0.6 is 15.9 Å². The fourth-order valence-electron chi connectivity index (χ4n) is 2.30. The third kappa shape index (κ3) is 3.84. The number of hydrogen-bond acceptors (Lipinski definition) is 5. The molecule has 0 radical (unpaired) electrons. The van der Waals surface area contributed by atoms with Crippen LogP contribution in [0.25, 0.3) is 11.4 Å². The Balaban J connectivity index is 1.81. The fraction of sp³-hybridized carbons (Fsp3) is 0.176. The number of benzene rings is 2. The summed E-state index contributed by atoms with van der Waals surface area (Å²) >= 11 is 3.37. The van der Waals surface area contributed by atoms with E-state index in [-0.39, 0.29) is 22.9 Å². The maximum absolute atomic E-state index is 13.4. The van der Waals surface area contributed by atoms with Crippen molar-refractivity contribution in [1.82, 2.24) is 14.4 Å². The van der Waals surface area contributed by atoms with Gasteiger partial charge in [0.15, 0.2) is 0 Å². The zero-order chi connectivity index (χ0) is 18.9. The van der Waals surface area contributed by atoms with Gasteiger partial charge in [-0.25, -0.2) is 12.8 Å². The Morgan fingerprint density at radius 3 is 2.69 bits per heavy atom. The summed E-state index contributed by atoms with van der Waals surface area (Å²) in [5.74, 6) is 0.0665. The highest BCUT2D eigenvalue weighted by Gasteiger charge is 2.24. The molecule has 0 amide bonds. The molecule has 0 spiro atoms. The molecule has 1 aromatic heterocycles. The van der Waals surface area contributed by atoms with Gasteiger partial charge in [-0.2, -0.15) is 9.29 Å². The summed E-state index contributed by atoms with van der Waals surface area (Å²) in [5.41, 5.74) is 1.00. The second-order valence-electron chi connectivity index (χ2n) is 5.69. The van der Waals surface area contributed by atoms with Crippen LogP contribution in [0.2, 0.25) is 0 Å². The molecule has 1 heterocycles. The normalized spacial score (nSPS) is 11.9. The molecule has 3 aromatic rings. The Labute approximate surface area is 158 Å². The second-order valence-corrected chi connectivity index (χ2v) is 8.65. The molecular formula is C17H15BrFN3O3S. The topological polar surface area (TPSA) is 76.3 Å². The molecule has 2 aromatic carbocycles. The zero-order valence-corrected chi connectivity index (χ0v) is 16.4. The monoisotopic (exact) mass is 439 g/mol. The van der Waals surface area contributed by atoms with E-state index >= 15 is 0 Å². The van der Waals surface area contributed by atoms with Crippen molar-refractivity contribution in [3.05, 3.63) is 64.2 Å². The number of aryl methyl sites for hydroxylation is 1. The lowest BCUT2D eigenvalue weighted by Gasteiger charge is -2.15. The summed E-state index contributed by atoms with van der Waals surface area (Å²) in [6.45, 7) is 1.41. The maximum atomic E-state index is 13.4. The van der Waals surface area contributed by atoms with Gasteiger partial charge < -0.3 is 4.52 Å². The first kappa shape index (κ1) is 18.7. The first-order valence-corrected chi connectivity index (χ1v) is 9.81. The molecule has 0 aliphatic rings. The number of nitrogens with zero attached hydrogens (tertiary/aromatic N) is 3. The Morgan fingerprint density at radius 1 is 1.23 bits per heavy atom. The SMILES string of the molecule is Cc1cc(S(=O)(=O)N(C)Cc2nc(-c3cccc(Br)c3)no2)ccc1F. The highest BCUT2D eigenvalue weighted by Crippen LogP contribution is 2.22. The minimum absolute atomic E-state index is 0.00521. The lowest BCUT2D eigenvalue weighted by molar-refractivity contribution is 0.336. The lowest BCUT2D eigenvalue weighted by atomic mass is 10.2. The Bertz CT molecular complexity index is 1050. The molecule has 26 heavy (non-hydrogen) atoms. The number of rotatable bonds is 5. The molecule has 0 bridgehead atoms. The smallest absolute Gasteiger partial charge is 0.243 e. The highest BCUT2D eigenvalue weighted by atomic mass is 79.9. The third-order valence-corrected chi connectivity index (χ3v) is 6.04. The summed E-state index contributed by atoms with van der Waals surface area (Å²) in [5, 5.41) is 3.88. The van der Waals surface area contributed by atoms with E-state index in [4.69, 9.17) is 4.52 Å². The molecule has 136 valence electrons.